The van der Waals surface area contributed by atoms with Crippen LogP contribution in [-0.4, -0.2) is 27.4 Å². The van der Waals surface area contributed by atoms with Gasteiger partial charge in [0, 0.05) is 19.2 Å². The summed E-state index contributed by atoms with van der Waals surface area (Å²) in [5, 5.41) is 4.14. The van der Waals surface area contributed by atoms with E-state index in [4.69, 9.17) is 0 Å². The number of sulfonamides is 1. The number of anilines is 1. The number of hydrogen-bond donors (Lipinski definition) is 2. The second-order valence-corrected chi connectivity index (χ2v) is 7.46. The maximum absolute atomic E-state index is 12.4. The van der Waals surface area contributed by atoms with Crippen LogP contribution in [0, 0.1) is 0 Å². The monoisotopic (exact) mass is 368 g/mol. The summed E-state index contributed by atoms with van der Waals surface area (Å²) in [6.07, 6.45) is 0. The molecule has 1 amide bonds. The lowest BCUT2D eigenvalue weighted by Gasteiger charge is -2.08. The summed E-state index contributed by atoms with van der Waals surface area (Å²) < 4.78 is 31.7. The van der Waals surface area contributed by atoms with Gasteiger partial charge in [0.25, 0.3) is 0 Å². The number of amides is 1. The summed E-state index contributed by atoms with van der Waals surface area (Å²) in [5.74, 6) is -0.874. The van der Waals surface area contributed by atoms with Crippen LogP contribution < -0.4 is 10.0 Å². The van der Waals surface area contributed by atoms with Crippen LogP contribution in [-0.2, 0) is 26.1 Å². The molecule has 128 valence electrons. The van der Waals surface area contributed by atoms with Crippen LogP contribution in [0.2, 0.25) is 0 Å². The van der Waals surface area contributed by atoms with Crippen molar-refractivity contribution in [2.75, 3.05) is 12.4 Å². The lowest BCUT2D eigenvalue weighted by molar-refractivity contribution is -0.114. The van der Waals surface area contributed by atoms with Gasteiger partial charge >= 0.3 is 5.97 Å². The van der Waals surface area contributed by atoms with Gasteiger partial charge in [-0.3, -0.25) is 4.79 Å². The summed E-state index contributed by atoms with van der Waals surface area (Å²) in [5.41, 5.74) is 1.34. The number of carbonyl (C=O) groups excluding carboxylic acids is 2. The summed E-state index contributed by atoms with van der Waals surface area (Å²) in [6.45, 7) is 1.46. The number of rotatable bonds is 6. The number of hydrogen-bond acceptors (Lipinski definition) is 6. The van der Waals surface area contributed by atoms with E-state index in [-0.39, 0.29) is 22.2 Å². The zero-order chi connectivity index (χ0) is 17.7. The topological polar surface area (TPSA) is 102 Å². The van der Waals surface area contributed by atoms with Gasteiger partial charge in [0.05, 0.1) is 7.11 Å². The first-order chi connectivity index (χ1) is 11.3. The summed E-state index contributed by atoms with van der Waals surface area (Å²) >= 11 is 1.00. The van der Waals surface area contributed by atoms with Crippen LogP contribution in [0.25, 0.3) is 0 Å². The zero-order valence-corrected chi connectivity index (χ0v) is 14.7. The van der Waals surface area contributed by atoms with E-state index < -0.39 is 16.0 Å². The van der Waals surface area contributed by atoms with Gasteiger partial charge in [-0.1, -0.05) is 12.1 Å². The smallest absolute Gasteiger partial charge is 0.349 e. The summed E-state index contributed by atoms with van der Waals surface area (Å²) in [6, 6.07) is 8.11. The van der Waals surface area contributed by atoms with E-state index in [0.717, 1.165) is 11.3 Å². The second-order valence-electron chi connectivity index (χ2n) is 4.81. The first-order valence-corrected chi connectivity index (χ1v) is 9.22. The average molecular weight is 368 g/mol. The molecule has 2 aromatic rings. The summed E-state index contributed by atoms with van der Waals surface area (Å²) in [7, 11) is -2.64. The van der Waals surface area contributed by atoms with Gasteiger partial charge in [0.15, 0.2) is 0 Å². The minimum Gasteiger partial charge on any atom is -0.465 e. The molecule has 0 unspecified atom stereocenters. The fourth-order valence-corrected chi connectivity index (χ4v) is 4.27. The van der Waals surface area contributed by atoms with Crippen LogP contribution >= 0.6 is 11.3 Å². The predicted octanol–water partition coefficient (Wildman–Crippen LogP) is 1.97. The molecule has 1 aromatic heterocycles. The normalized spacial score (nSPS) is 11.1. The largest absolute Gasteiger partial charge is 0.465 e. The van der Waals surface area contributed by atoms with E-state index >= 15 is 0 Å². The molecule has 0 aliphatic heterocycles. The quantitative estimate of drug-likeness (QED) is 0.759. The van der Waals surface area contributed by atoms with Crippen LogP contribution in [0.4, 0.5) is 5.69 Å². The molecule has 2 N–H and O–H groups in total. The Balaban J connectivity index is 2.09. The molecular weight excluding hydrogens is 352 g/mol. The van der Waals surface area contributed by atoms with E-state index in [1.807, 2.05) is 0 Å². The zero-order valence-electron chi connectivity index (χ0n) is 13.0. The Labute approximate surface area is 143 Å². The minimum atomic E-state index is -3.84. The highest BCUT2D eigenvalue weighted by Crippen LogP contribution is 2.23. The molecule has 1 aromatic carbocycles. The van der Waals surface area contributed by atoms with Crippen molar-refractivity contribution >= 4 is 38.9 Å². The van der Waals surface area contributed by atoms with E-state index in [0.29, 0.717) is 11.3 Å². The van der Waals surface area contributed by atoms with Gasteiger partial charge in [-0.05, 0) is 29.1 Å². The molecular formula is C15H16N2O5S2. The Morgan fingerprint density at radius 1 is 1.17 bits per heavy atom. The number of methoxy groups -OCH3 is 1. The lowest BCUT2D eigenvalue weighted by Crippen LogP contribution is -2.24. The number of carbonyl (C=O) groups is 2. The second kappa shape index (κ2) is 7.56. The first-order valence-electron chi connectivity index (χ1n) is 6.85. The van der Waals surface area contributed by atoms with Gasteiger partial charge in [0.1, 0.15) is 9.77 Å². The van der Waals surface area contributed by atoms with Crippen molar-refractivity contribution in [1.29, 1.82) is 0 Å². The maximum atomic E-state index is 12.4. The average Bonchev–Trinajstić information content (AvgIpc) is 3.03. The highest BCUT2D eigenvalue weighted by Gasteiger charge is 2.24. The number of esters is 1. The first kappa shape index (κ1) is 18.1. The van der Waals surface area contributed by atoms with Crippen molar-refractivity contribution in [1.82, 2.24) is 4.72 Å². The van der Waals surface area contributed by atoms with Crippen molar-refractivity contribution in [3.05, 3.63) is 46.2 Å². The molecule has 0 fully saturated rings. The molecule has 0 spiro atoms. The molecule has 0 aliphatic carbocycles. The van der Waals surface area contributed by atoms with Gasteiger partial charge in [-0.25, -0.2) is 17.9 Å². The fourth-order valence-electron chi connectivity index (χ4n) is 1.92. The van der Waals surface area contributed by atoms with Crippen LogP contribution in [0.5, 0.6) is 0 Å². The molecule has 0 aliphatic rings. The van der Waals surface area contributed by atoms with Gasteiger partial charge in [-0.2, -0.15) is 0 Å². The fraction of sp³-hybridized carbons (Fsp3) is 0.200. The number of benzene rings is 1. The Morgan fingerprint density at radius 3 is 2.42 bits per heavy atom. The molecule has 1 heterocycles. The predicted molar refractivity (Wildman–Crippen MR) is 90.4 cm³/mol. The lowest BCUT2D eigenvalue weighted by atomic mass is 10.2. The Bertz CT molecular complexity index is 841. The molecule has 0 bridgehead atoms. The van der Waals surface area contributed by atoms with E-state index in [2.05, 4.69) is 14.8 Å². The van der Waals surface area contributed by atoms with Crippen molar-refractivity contribution < 1.29 is 22.7 Å². The molecule has 0 atom stereocenters. The molecule has 9 heteroatoms. The maximum Gasteiger partial charge on any atom is 0.349 e. The SMILES string of the molecule is COC(=O)c1sccc1S(=O)(=O)NCc1ccc(NC(C)=O)cc1. The standard InChI is InChI=1S/C15H16N2O5S2/c1-10(18)17-12-5-3-11(4-6-12)9-16-24(20,21)13-7-8-23-14(13)15(19)22-2/h3-8,16H,9H2,1-2H3,(H,17,18). The van der Waals surface area contributed by atoms with Crippen molar-refractivity contribution in [2.24, 2.45) is 0 Å². The van der Waals surface area contributed by atoms with Crippen molar-refractivity contribution in [2.45, 2.75) is 18.4 Å². The Morgan fingerprint density at radius 2 is 1.83 bits per heavy atom. The number of ether oxygens (including phenoxy) is 1. The molecule has 0 radical (unpaired) electrons. The van der Waals surface area contributed by atoms with E-state index in [9.17, 15) is 18.0 Å². The summed E-state index contributed by atoms with van der Waals surface area (Å²) in [4.78, 5) is 22.5. The molecule has 2 rings (SSSR count). The highest BCUT2D eigenvalue weighted by atomic mass is 32.2. The highest BCUT2D eigenvalue weighted by molar-refractivity contribution is 7.89. The number of thiophene rings is 1. The Hall–Kier alpha value is -2.23. The molecule has 24 heavy (non-hydrogen) atoms. The van der Waals surface area contributed by atoms with E-state index in [1.54, 1.807) is 24.3 Å². The van der Waals surface area contributed by atoms with Crippen LogP contribution in [0.1, 0.15) is 22.2 Å². The van der Waals surface area contributed by atoms with E-state index in [1.165, 1.54) is 25.5 Å². The third-order valence-corrected chi connectivity index (χ3v) is 5.50. The van der Waals surface area contributed by atoms with Crippen molar-refractivity contribution in [3.8, 4) is 0 Å². The minimum absolute atomic E-state index is 0.0333. The molecule has 0 saturated heterocycles. The number of nitrogens with one attached hydrogen (secondary N) is 2. The third kappa shape index (κ3) is 4.40. The Kier molecular flexibility index (Phi) is 5.71. The molecule has 0 saturated carbocycles. The van der Waals surface area contributed by atoms with Gasteiger partial charge in [0.2, 0.25) is 15.9 Å². The third-order valence-electron chi connectivity index (χ3n) is 3.03. The van der Waals surface area contributed by atoms with Gasteiger partial charge < -0.3 is 10.1 Å². The van der Waals surface area contributed by atoms with Gasteiger partial charge in [-0.15, -0.1) is 11.3 Å². The molecule has 7 nitrogen and oxygen atoms in total. The van der Waals surface area contributed by atoms with Crippen LogP contribution in [0.15, 0.2) is 40.6 Å². The van der Waals surface area contributed by atoms with Crippen molar-refractivity contribution in [3.63, 3.8) is 0 Å². The van der Waals surface area contributed by atoms with Crippen LogP contribution in [0.3, 0.4) is 0 Å².